The molecule has 0 N–H and O–H groups in total. The number of aromatic nitrogens is 4. The van der Waals surface area contributed by atoms with Gasteiger partial charge >= 0.3 is 11.8 Å². The van der Waals surface area contributed by atoms with Crippen LogP contribution in [0.3, 0.4) is 0 Å². The number of hydrogen-bond acceptors (Lipinski definition) is 9. The van der Waals surface area contributed by atoms with Gasteiger partial charge in [0, 0.05) is 31.9 Å². The minimum atomic E-state index is -0.845. The highest BCUT2D eigenvalue weighted by molar-refractivity contribution is 6.32. The Labute approximate surface area is 275 Å². The number of piperazine rings is 1. The molecule has 0 saturated carbocycles. The Morgan fingerprint density at radius 2 is 1.85 bits per heavy atom. The number of benzene rings is 1. The van der Waals surface area contributed by atoms with E-state index in [0.717, 1.165) is 0 Å². The fourth-order valence-electron chi connectivity index (χ4n) is 5.87. The van der Waals surface area contributed by atoms with Gasteiger partial charge in [0.25, 0.3) is 0 Å². The molecule has 0 aliphatic carbocycles. The van der Waals surface area contributed by atoms with Crippen molar-refractivity contribution in [3.8, 4) is 28.4 Å². The molecule has 248 valence electrons. The number of hydrogen-bond donors (Lipinski definition) is 0. The second kappa shape index (κ2) is 12.3. The van der Waals surface area contributed by atoms with Crippen LogP contribution in [-0.2, 0) is 4.74 Å². The third-order valence-corrected chi connectivity index (χ3v) is 8.18. The molecule has 2 bridgehead atoms. The van der Waals surface area contributed by atoms with Crippen LogP contribution < -0.4 is 20.1 Å². The number of anilines is 1. The largest absolute Gasteiger partial charge is 0.489 e. The molecule has 3 aromatic heterocycles. The molecule has 0 spiro atoms. The predicted octanol–water partition coefficient (Wildman–Crippen LogP) is 6.11. The standard InChI is InChI=1S/C33H35ClF2N6O5/c1-17(2)25-27-28(20(34)15-37-25)46-13-12-45-23-9-7-8-21(35)24(23)26-22(36)14-19-29(39-31(43)42(27)30(19)38-26)41-11-10-40(16-18(41)3)32(44)47-33(4,5)6/h7-9,14-15,17-18H,10-13,16H2,1-6H3/t18-/m0/s1. The summed E-state index contributed by atoms with van der Waals surface area (Å²) in [7, 11) is 0. The Kier molecular flexibility index (Phi) is 8.45. The quantitative estimate of drug-likeness (QED) is 0.250. The Bertz CT molecular complexity index is 1950. The van der Waals surface area contributed by atoms with Gasteiger partial charge in [-0.15, -0.1) is 0 Å². The maximum Gasteiger partial charge on any atom is 0.410 e. The predicted molar refractivity (Wildman–Crippen MR) is 173 cm³/mol. The van der Waals surface area contributed by atoms with Gasteiger partial charge in [0.2, 0.25) is 0 Å². The van der Waals surface area contributed by atoms with Crippen LogP contribution in [0.5, 0.6) is 11.5 Å². The van der Waals surface area contributed by atoms with Crippen molar-refractivity contribution in [2.45, 2.75) is 59.1 Å². The van der Waals surface area contributed by atoms with Crippen LogP contribution in [0.15, 0.2) is 35.3 Å². The number of carbonyl (C=O) groups is 1. The van der Waals surface area contributed by atoms with E-state index in [9.17, 15) is 9.59 Å². The summed E-state index contributed by atoms with van der Waals surface area (Å²) in [6.45, 7) is 11.8. The first-order valence-corrected chi connectivity index (χ1v) is 15.7. The first-order chi connectivity index (χ1) is 22.2. The molecule has 1 aromatic carbocycles. The summed E-state index contributed by atoms with van der Waals surface area (Å²) in [6.07, 6.45) is 0.980. The van der Waals surface area contributed by atoms with Crippen LogP contribution in [0.2, 0.25) is 5.02 Å². The first-order valence-electron chi connectivity index (χ1n) is 15.4. The van der Waals surface area contributed by atoms with Crippen molar-refractivity contribution in [1.82, 2.24) is 24.4 Å². The van der Waals surface area contributed by atoms with Crippen LogP contribution in [-0.4, -0.2) is 75.0 Å². The summed E-state index contributed by atoms with van der Waals surface area (Å²) < 4.78 is 50.4. The van der Waals surface area contributed by atoms with Crippen LogP contribution in [0, 0.1) is 11.6 Å². The lowest BCUT2D eigenvalue weighted by Gasteiger charge is -2.41. The Hall–Kier alpha value is -4.52. The van der Waals surface area contributed by atoms with Gasteiger partial charge < -0.3 is 24.0 Å². The lowest BCUT2D eigenvalue weighted by molar-refractivity contribution is 0.0218. The number of rotatable bonds is 2. The second-order valence-electron chi connectivity index (χ2n) is 12.8. The number of ether oxygens (including phenoxy) is 3. The Balaban J connectivity index is 1.62. The zero-order valence-electron chi connectivity index (χ0n) is 26.9. The Morgan fingerprint density at radius 3 is 2.55 bits per heavy atom. The maximum atomic E-state index is 16.2. The number of pyridine rings is 2. The van der Waals surface area contributed by atoms with Crippen molar-refractivity contribution in [3.63, 3.8) is 0 Å². The third-order valence-electron chi connectivity index (χ3n) is 7.91. The lowest BCUT2D eigenvalue weighted by Crippen LogP contribution is -2.55. The van der Waals surface area contributed by atoms with Gasteiger partial charge in [-0.25, -0.2) is 27.9 Å². The van der Waals surface area contributed by atoms with E-state index >= 15 is 8.78 Å². The lowest BCUT2D eigenvalue weighted by atomic mass is 10.1. The van der Waals surface area contributed by atoms with E-state index in [1.54, 1.807) is 25.7 Å². The smallest absolute Gasteiger partial charge is 0.410 e. The molecule has 1 fully saturated rings. The summed E-state index contributed by atoms with van der Waals surface area (Å²) in [5.74, 6) is -1.44. The topological polar surface area (TPSA) is 112 Å². The van der Waals surface area contributed by atoms with E-state index in [1.165, 1.54) is 35.0 Å². The summed E-state index contributed by atoms with van der Waals surface area (Å²) in [5.41, 5.74) is -1.32. The van der Waals surface area contributed by atoms with Crippen LogP contribution in [0.25, 0.3) is 28.0 Å². The fraction of sp³-hybridized carbons (Fsp3) is 0.424. The van der Waals surface area contributed by atoms with Gasteiger partial charge in [-0.1, -0.05) is 31.5 Å². The second-order valence-corrected chi connectivity index (χ2v) is 13.3. The molecule has 47 heavy (non-hydrogen) atoms. The van der Waals surface area contributed by atoms with Crippen molar-refractivity contribution in [1.29, 1.82) is 0 Å². The summed E-state index contributed by atoms with van der Waals surface area (Å²) >= 11 is 6.62. The SMILES string of the molecule is CC(C)c1ncc(Cl)c2c1-n1c(=O)nc(N3CCN(C(=O)OC(C)(C)C)C[C@@H]3C)c3cc(F)c(nc31)-c1c(F)cccc1OCCO2. The molecule has 2 aliphatic heterocycles. The minimum Gasteiger partial charge on any atom is -0.489 e. The number of amides is 1. The van der Waals surface area contributed by atoms with E-state index in [1.807, 2.05) is 25.7 Å². The molecule has 0 unspecified atom stereocenters. The van der Waals surface area contributed by atoms with E-state index in [4.69, 9.17) is 25.8 Å². The molecular weight excluding hydrogens is 634 g/mol. The van der Waals surface area contributed by atoms with Gasteiger partial charge in [0.05, 0.1) is 16.6 Å². The fourth-order valence-corrected chi connectivity index (χ4v) is 6.06. The first kappa shape index (κ1) is 32.4. The number of halogens is 3. The monoisotopic (exact) mass is 668 g/mol. The van der Waals surface area contributed by atoms with Crippen LogP contribution in [0.1, 0.15) is 53.2 Å². The van der Waals surface area contributed by atoms with E-state index in [2.05, 4.69) is 15.0 Å². The highest BCUT2D eigenvalue weighted by Crippen LogP contribution is 2.40. The van der Waals surface area contributed by atoms with E-state index < -0.39 is 29.0 Å². The average Bonchev–Trinajstić information content (AvgIpc) is 2.98. The van der Waals surface area contributed by atoms with Gasteiger partial charge in [-0.3, -0.25) is 4.98 Å². The van der Waals surface area contributed by atoms with Crippen molar-refractivity contribution in [2.75, 3.05) is 37.7 Å². The van der Waals surface area contributed by atoms with Gasteiger partial charge in [-0.05, 0) is 51.8 Å². The van der Waals surface area contributed by atoms with Gasteiger partial charge in [-0.2, -0.15) is 4.98 Å². The minimum absolute atomic E-state index is 0.0104. The Morgan fingerprint density at radius 1 is 1.11 bits per heavy atom. The number of nitrogens with zero attached hydrogens (tertiary/aromatic N) is 6. The third kappa shape index (κ3) is 6.04. The van der Waals surface area contributed by atoms with Crippen molar-refractivity contribution < 1.29 is 27.8 Å². The molecule has 1 saturated heterocycles. The molecule has 11 nitrogen and oxygen atoms in total. The van der Waals surface area contributed by atoms with Crippen LogP contribution >= 0.6 is 11.6 Å². The highest BCUT2D eigenvalue weighted by atomic mass is 35.5. The van der Waals surface area contributed by atoms with Crippen molar-refractivity contribution in [2.24, 2.45) is 0 Å². The molecule has 4 aromatic rings. The van der Waals surface area contributed by atoms with E-state index in [0.29, 0.717) is 5.69 Å². The highest BCUT2D eigenvalue weighted by Gasteiger charge is 2.34. The molecule has 5 heterocycles. The molecule has 6 rings (SSSR count). The van der Waals surface area contributed by atoms with Crippen molar-refractivity contribution in [3.05, 3.63) is 63.3 Å². The maximum absolute atomic E-state index is 16.2. The summed E-state index contributed by atoms with van der Waals surface area (Å²) in [4.78, 5) is 44.1. The average molecular weight is 669 g/mol. The van der Waals surface area contributed by atoms with Crippen molar-refractivity contribution >= 4 is 34.5 Å². The summed E-state index contributed by atoms with van der Waals surface area (Å²) in [6, 6.07) is 4.98. The van der Waals surface area contributed by atoms with Crippen LogP contribution in [0.4, 0.5) is 19.4 Å². The molecule has 14 heteroatoms. The summed E-state index contributed by atoms with van der Waals surface area (Å²) in [5, 5.41) is 0.311. The van der Waals surface area contributed by atoms with Gasteiger partial charge in [0.15, 0.2) is 17.2 Å². The number of fused-ring (bicyclic) bond motifs is 5. The normalized spacial score (nSPS) is 16.6. The molecular formula is C33H35ClF2N6O5. The zero-order valence-corrected chi connectivity index (χ0v) is 27.7. The molecule has 1 amide bonds. The zero-order chi connectivity index (χ0) is 33.8. The number of carbonyl (C=O) groups excluding carboxylic acids is 1. The van der Waals surface area contributed by atoms with Gasteiger partial charge in [0.1, 0.15) is 52.6 Å². The van der Waals surface area contributed by atoms with E-state index in [-0.39, 0.29) is 95.1 Å². The molecule has 1 atom stereocenters. The molecule has 2 aliphatic rings. The molecule has 0 radical (unpaired) electrons.